The Morgan fingerprint density at radius 3 is 2.29 bits per heavy atom. The second-order valence-corrected chi connectivity index (χ2v) is 4.05. The summed E-state index contributed by atoms with van der Waals surface area (Å²) in [6.45, 7) is 9.00. The first-order valence-electron chi connectivity index (χ1n) is 6.58. The van der Waals surface area contributed by atoms with Crippen LogP contribution < -0.4 is 0 Å². The molecule has 0 heterocycles. The molecule has 0 radical (unpaired) electrons. The van der Waals surface area contributed by atoms with Crippen LogP contribution >= 0.6 is 0 Å². The molecule has 102 valence electrons. The first-order valence-corrected chi connectivity index (χ1v) is 6.58. The van der Waals surface area contributed by atoms with Gasteiger partial charge in [-0.2, -0.15) is 0 Å². The molecule has 0 aliphatic heterocycles. The molecule has 0 saturated carbocycles. The summed E-state index contributed by atoms with van der Waals surface area (Å²) in [5, 5.41) is 0. The van der Waals surface area contributed by atoms with Gasteiger partial charge in [0.15, 0.2) is 0 Å². The fourth-order valence-electron chi connectivity index (χ4n) is 1.96. The summed E-state index contributed by atoms with van der Waals surface area (Å²) in [6, 6.07) is 0.527. The first-order chi connectivity index (χ1) is 8.19. The zero-order chi connectivity index (χ0) is 13.1. The van der Waals surface area contributed by atoms with Crippen molar-refractivity contribution in [3.05, 3.63) is 0 Å². The molecular weight excluding hydrogens is 218 g/mol. The Kier molecular flexibility index (Phi) is 10.2. The van der Waals surface area contributed by atoms with Crippen molar-refractivity contribution in [2.45, 2.75) is 46.1 Å². The van der Waals surface area contributed by atoms with Gasteiger partial charge < -0.3 is 9.47 Å². The van der Waals surface area contributed by atoms with E-state index in [9.17, 15) is 4.79 Å². The topological polar surface area (TPSA) is 38.8 Å². The van der Waals surface area contributed by atoms with Crippen LogP contribution in [-0.2, 0) is 14.3 Å². The normalized spacial score (nSPS) is 11.2. The predicted molar refractivity (Wildman–Crippen MR) is 69.1 cm³/mol. The predicted octanol–water partition coefficient (Wildman–Crippen LogP) is 2.08. The Morgan fingerprint density at radius 1 is 1.18 bits per heavy atom. The standard InChI is InChI=1S/C13H27NO3/c1-5-12(6-2)14(10-11-16-4)9-8-13(15)17-7-3/h12H,5-11H2,1-4H3. The van der Waals surface area contributed by atoms with E-state index in [4.69, 9.17) is 9.47 Å². The van der Waals surface area contributed by atoms with Crippen molar-refractivity contribution in [3.63, 3.8) is 0 Å². The van der Waals surface area contributed by atoms with Crippen molar-refractivity contribution in [1.82, 2.24) is 4.90 Å². The molecule has 0 unspecified atom stereocenters. The van der Waals surface area contributed by atoms with E-state index in [-0.39, 0.29) is 5.97 Å². The van der Waals surface area contributed by atoms with Crippen molar-refractivity contribution >= 4 is 5.97 Å². The second kappa shape index (κ2) is 10.5. The van der Waals surface area contributed by atoms with Crippen LogP contribution in [0.15, 0.2) is 0 Å². The zero-order valence-corrected chi connectivity index (χ0v) is 11.7. The molecule has 0 amide bonds. The van der Waals surface area contributed by atoms with Crippen molar-refractivity contribution in [3.8, 4) is 0 Å². The van der Waals surface area contributed by atoms with Gasteiger partial charge in [0, 0.05) is 26.2 Å². The number of carbonyl (C=O) groups is 1. The lowest BCUT2D eigenvalue weighted by atomic mass is 10.1. The fraction of sp³-hybridized carbons (Fsp3) is 0.923. The molecule has 0 spiro atoms. The summed E-state index contributed by atoms with van der Waals surface area (Å²) >= 11 is 0. The molecule has 0 bridgehead atoms. The molecule has 0 fully saturated rings. The van der Waals surface area contributed by atoms with Crippen molar-refractivity contribution in [1.29, 1.82) is 0 Å². The third-order valence-electron chi connectivity index (χ3n) is 2.95. The molecule has 0 aromatic heterocycles. The maximum atomic E-state index is 11.3. The minimum Gasteiger partial charge on any atom is -0.466 e. The maximum Gasteiger partial charge on any atom is 0.307 e. The number of methoxy groups -OCH3 is 1. The van der Waals surface area contributed by atoms with Crippen LogP contribution in [0.2, 0.25) is 0 Å². The van der Waals surface area contributed by atoms with Gasteiger partial charge in [-0.25, -0.2) is 0 Å². The van der Waals surface area contributed by atoms with Crippen molar-refractivity contribution < 1.29 is 14.3 Å². The van der Waals surface area contributed by atoms with Crippen LogP contribution in [0.3, 0.4) is 0 Å². The molecule has 0 aliphatic carbocycles. The van der Waals surface area contributed by atoms with Crippen LogP contribution in [0.5, 0.6) is 0 Å². The van der Waals surface area contributed by atoms with E-state index in [0.717, 1.165) is 25.9 Å². The minimum absolute atomic E-state index is 0.110. The summed E-state index contributed by atoms with van der Waals surface area (Å²) in [4.78, 5) is 13.7. The molecule has 0 N–H and O–H groups in total. The molecular formula is C13H27NO3. The highest BCUT2D eigenvalue weighted by Gasteiger charge is 2.16. The lowest BCUT2D eigenvalue weighted by molar-refractivity contribution is -0.143. The molecule has 0 aliphatic rings. The number of hydrogen-bond acceptors (Lipinski definition) is 4. The molecule has 0 rings (SSSR count). The molecule has 4 nitrogen and oxygen atoms in total. The van der Waals surface area contributed by atoms with Gasteiger partial charge in [0.1, 0.15) is 0 Å². The van der Waals surface area contributed by atoms with Crippen LogP contribution in [0.1, 0.15) is 40.0 Å². The minimum atomic E-state index is -0.110. The molecule has 0 saturated heterocycles. The first kappa shape index (κ1) is 16.4. The van der Waals surface area contributed by atoms with E-state index in [1.165, 1.54) is 0 Å². The smallest absolute Gasteiger partial charge is 0.307 e. The van der Waals surface area contributed by atoms with Gasteiger partial charge in [0.2, 0.25) is 0 Å². The van der Waals surface area contributed by atoms with Gasteiger partial charge >= 0.3 is 5.97 Å². The molecule has 4 heteroatoms. The van der Waals surface area contributed by atoms with Gasteiger partial charge in [-0.1, -0.05) is 13.8 Å². The van der Waals surface area contributed by atoms with Gasteiger partial charge in [-0.15, -0.1) is 0 Å². The summed E-state index contributed by atoms with van der Waals surface area (Å²) < 4.78 is 10.1. The Bertz CT molecular complexity index is 193. The maximum absolute atomic E-state index is 11.3. The number of rotatable bonds is 10. The lowest BCUT2D eigenvalue weighted by Gasteiger charge is -2.29. The fourth-order valence-corrected chi connectivity index (χ4v) is 1.96. The number of nitrogens with zero attached hydrogens (tertiary/aromatic N) is 1. The largest absolute Gasteiger partial charge is 0.466 e. The highest BCUT2D eigenvalue weighted by atomic mass is 16.5. The van der Waals surface area contributed by atoms with Gasteiger partial charge in [0.05, 0.1) is 19.6 Å². The molecule has 0 aromatic carbocycles. The summed E-state index contributed by atoms with van der Waals surface area (Å²) in [6.07, 6.45) is 2.67. The number of carbonyl (C=O) groups excluding carboxylic acids is 1. The lowest BCUT2D eigenvalue weighted by Crippen LogP contribution is -2.38. The summed E-state index contributed by atoms with van der Waals surface area (Å²) in [5.41, 5.74) is 0. The molecule has 0 atom stereocenters. The Balaban J connectivity index is 4.12. The highest BCUT2D eigenvalue weighted by Crippen LogP contribution is 2.09. The SMILES string of the molecule is CCOC(=O)CCN(CCOC)C(CC)CC. The van der Waals surface area contributed by atoms with Gasteiger partial charge in [0.25, 0.3) is 0 Å². The Morgan fingerprint density at radius 2 is 1.82 bits per heavy atom. The number of hydrogen-bond donors (Lipinski definition) is 0. The average molecular weight is 245 g/mol. The monoisotopic (exact) mass is 245 g/mol. The van der Waals surface area contributed by atoms with E-state index in [1.54, 1.807) is 7.11 Å². The Labute approximate surface area is 105 Å². The average Bonchev–Trinajstić information content (AvgIpc) is 2.33. The van der Waals surface area contributed by atoms with E-state index in [2.05, 4.69) is 18.7 Å². The van der Waals surface area contributed by atoms with Crippen LogP contribution in [-0.4, -0.2) is 50.3 Å². The third kappa shape index (κ3) is 7.34. The Hall–Kier alpha value is -0.610. The summed E-state index contributed by atoms with van der Waals surface area (Å²) in [7, 11) is 1.70. The second-order valence-electron chi connectivity index (χ2n) is 4.05. The quantitative estimate of drug-likeness (QED) is 0.552. The van der Waals surface area contributed by atoms with Crippen molar-refractivity contribution in [2.75, 3.05) is 33.4 Å². The number of ether oxygens (including phenoxy) is 2. The molecule has 17 heavy (non-hydrogen) atoms. The van der Waals surface area contributed by atoms with Crippen LogP contribution in [0, 0.1) is 0 Å². The highest BCUT2D eigenvalue weighted by molar-refractivity contribution is 5.69. The van der Waals surface area contributed by atoms with E-state index in [1.807, 2.05) is 6.92 Å². The van der Waals surface area contributed by atoms with Crippen LogP contribution in [0.25, 0.3) is 0 Å². The number of esters is 1. The van der Waals surface area contributed by atoms with E-state index >= 15 is 0 Å². The van der Waals surface area contributed by atoms with E-state index in [0.29, 0.717) is 25.7 Å². The van der Waals surface area contributed by atoms with Crippen molar-refractivity contribution in [2.24, 2.45) is 0 Å². The van der Waals surface area contributed by atoms with Gasteiger partial charge in [-0.3, -0.25) is 9.69 Å². The zero-order valence-electron chi connectivity index (χ0n) is 11.7. The summed E-state index contributed by atoms with van der Waals surface area (Å²) in [5.74, 6) is -0.110. The molecule has 0 aromatic rings. The van der Waals surface area contributed by atoms with E-state index < -0.39 is 0 Å². The third-order valence-corrected chi connectivity index (χ3v) is 2.95. The van der Waals surface area contributed by atoms with Gasteiger partial charge in [-0.05, 0) is 19.8 Å². The van der Waals surface area contributed by atoms with Crippen LogP contribution in [0.4, 0.5) is 0 Å².